The second-order valence-electron chi connectivity index (χ2n) is 4.94. The minimum atomic E-state index is -3.04. The molecule has 0 bridgehead atoms. The van der Waals surface area contributed by atoms with Gasteiger partial charge in [-0.15, -0.1) is 0 Å². The summed E-state index contributed by atoms with van der Waals surface area (Å²) in [6.07, 6.45) is 2.73. The number of nitrogens with one attached hydrogen (secondary N) is 1. The van der Waals surface area contributed by atoms with Crippen LogP contribution in [0.15, 0.2) is 24.3 Å². The lowest BCUT2D eigenvalue weighted by molar-refractivity contribution is 0.413. The number of hydrogen-bond acceptors (Lipinski definition) is 4. The normalized spacial score (nSPS) is 13.2. The van der Waals surface area contributed by atoms with Crippen LogP contribution in [0.5, 0.6) is 5.75 Å². The predicted octanol–water partition coefficient (Wildman–Crippen LogP) is 2.56. The van der Waals surface area contributed by atoms with Gasteiger partial charge in [-0.25, -0.2) is 8.42 Å². The molecule has 20 heavy (non-hydrogen) atoms. The lowest BCUT2D eigenvalue weighted by Gasteiger charge is -2.17. The Balaban J connectivity index is 2.75. The molecule has 1 unspecified atom stereocenters. The minimum Gasteiger partial charge on any atom is -0.497 e. The molecule has 0 saturated carbocycles. The summed E-state index contributed by atoms with van der Waals surface area (Å²) in [5.41, 5.74) is 0.936. The third-order valence-corrected chi connectivity index (χ3v) is 5.08. The van der Waals surface area contributed by atoms with Crippen molar-refractivity contribution in [2.45, 2.75) is 32.2 Å². The summed E-state index contributed by atoms with van der Waals surface area (Å²) < 4.78 is 29.4. The highest BCUT2D eigenvalue weighted by Gasteiger charge is 2.19. The van der Waals surface area contributed by atoms with Gasteiger partial charge in [0.15, 0.2) is 9.84 Å². The molecule has 5 heteroatoms. The van der Waals surface area contributed by atoms with E-state index in [9.17, 15) is 8.42 Å². The van der Waals surface area contributed by atoms with Crippen molar-refractivity contribution >= 4 is 9.84 Å². The van der Waals surface area contributed by atoms with E-state index in [0.717, 1.165) is 30.6 Å². The van der Waals surface area contributed by atoms with Crippen LogP contribution in [-0.2, 0) is 9.84 Å². The van der Waals surface area contributed by atoms with E-state index in [1.165, 1.54) is 0 Å². The van der Waals surface area contributed by atoms with Gasteiger partial charge in [0, 0.05) is 6.04 Å². The van der Waals surface area contributed by atoms with Gasteiger partial charge < -0.3 is 10.1 Å². The summed E-state index contributed by atoms with van der Waals surface area (Å²) in [5, 5.41) is 3.08. The van der Waals surface area contributed by atoms with Gasteiger partial charge >= 0.3 is 0 Å². The van der Waals surface area contributed by atoms with Crippen molar-refractivity contribution in [3.8, 4) is 5.75 Å². The highest BCUT2D eigenvalue weighted by atomic mass is 32.2. The van der Waals surface area contributed by atoms with Crippen LogP contribution < -0.4 is 10.1 Å². The molecular weight excluding hydrogens is 274 g/mol. The van der Waals surface area contributed by atoms with E-state index in [0.29, 0.717) is 0 Å². The summed E-state index contributed by atoms with van der Waals surface area (Å²) in [6, 6.07) is 7.33. The van der Waals surface area contributed by atoms with E-state index in [1.807, 2.05) is 24.3 Å². The van der Waals surface area contributed by atoms with E-state index in [4.69, 9.17) is 4.74 Å². The first-order chi connectivity index (χ1) is 9.52. The molecule has 0 radical (unpaired) electrons. The quantitative estimate of drug-likeness (QED) is 0.712. The topological polar surface area (TPSA) is 55.4 Å². The molecule has 0 saturated heterocycles. The number of methoxy groups -OCH3 is 1. The van der Waals surface area contributed by atoms with E-state index < -0.39 is 9.84 Å². The number of sulfone groups is 1. The van der Waals surface area contributed by atoms with Gasteiger partial charge in [-0.05, 0) is 31.2 Å². The van der Waals surface area contributed by atoms with Crippen LogP contribution in [0.4, 0.5) is 0 Å². The Morgan fingerprint density at radius 3 is 2.65 bits per heavy atom. The number of hydrogen-bond donors (Lipinski definition) is 1. The second-order valence-corrected chi connectivity index (χ2v) is 7.17. The van der Waals surface area contributed by atoms with Gasteiger partial charge in [0.1, 0.15) is 5.75 Å². The smallest absolute Gasteiger partial charge is 0.152 e. The molecule has 0 fully saturated rings. The summed E-state index contributed by atoms with van der Waals surface area (Å²) in [4.78, 5) is 0. The Kier molecular flexibility index (Phi) is 7.02. The average Bonchev–Trinajstić information content (AvgIpc) is 2.45. The summed E-state index contributed by atoms with van der Waals surface area (Å²) >= 11 is 0. The van der Waals surface area contributed by atoms with Crippen molar-refractivity contribution in [2.75, 3.05) is 25.7 Å². The Morgan fingerprint density at radius 1 is 1.30 bits per heavy atom. The molecule has 114 valence electrons. The van der Waals surface area contributed by atoms with E-state index in [1.54, 1.807) is 14.2 Å². The van der Waals surface area contributed by atoms with Gasteiger partial charge in [0.05, 0.1) is 18.6 Å². The van der Waals surface area contributed by atoms with E-state index in [-0.39, 0.29) is 17.5 Å². The zero-order valence-corrected chi connectivity index (χ0v) is 13.4. The molecule has 1 atom stereocenters. The van der Waals surface area contributed by atoms with Crippen LogP contribution in [0.25, 0.3) is 0 Å². The van der Waals surface area contributed by atoms with Crippen LogP contribution >= 0.6 is 0 Å². The lowest BCUT2D eigenvalue weighted by Crippen LogP contribution is -2.26. The van der Waals surface area contributed by atoms with Gasteiger partial charge in [0.2, 0.25) is 0 Å². The SMILES string of the molecule is CCCCCS(=O)(=O)CC(NC)c1cccc(OC)c1. The monoisotopic (exact) mass is 299 g/mol. The third-order valence-electron chi connectivity index (χ3n) is 3.32. The molecule has 1 rings (SSSR count). The Labute approximate surface area is 122 Å². The van der Waals surface area contributed by atoms with Gasteiger partial charge in [-0.2, -0.15) is 0 Å². The molecule has 0 heterocycles. The Hall–Kier alpha value is -1.07. The summed E-state index contributed by atoms with van der Waals surface area (Å²) in [6.45, 7) is 2.07. The molecule has 4 nitrogen and oxygen atoms in total. The van der Waals surface area contributed by atoms with Crippen molar-refractivity contribution < 1.29 is 13.2 Å². The van der Waals surface area contributed by atoms with Gasteiger partial charge in [-0.3, -0.25) is 0 Å². The van der Waals surface area contributed by atoms with Crippen molar-refractivity contribution in [1.29, 1.82) is 0 Å². The molecule has 0 aromatic heterocycles. The summed E-state index contributed by atoms with van der Waals surface area (Å²) in [5.74, 6) is 1.13. The van der Waals surface area contributed by atoms with Crippen molar-refractivity contribution in [2.24, 2.45) is 0 Å². The fourth-order valence-corrected chi connectivity index (χ4v) is 3.79. The van der Waals surface area contributed by atoms with Gasteiger partial charge in [-0.1, -0.05) is 31.9 Å². The maximum atomic E-state index is 12.1. The predicted molar refractivity (Wildman–Crippen MR) is 83.0 cm³/mol. The second kappa shape index (κ2) is 8.27. The van der Waals surface area contributed by atoms with Crippen molar-refractivity contribution in [3.05, 3.63) is 29.8 Å². The third kappa shape index (κ3) is 5.51. The van der Waals surface area contributed by atoms with Crippen LogP contribution in [0, 0.1) is 0 Å². The van der Waals surface area contributed by atoms with E-state index in [2.05, 4.69) is 12.2 Å². The number of ether oxygens (including phenoxy) is 1. The van der Waals surface area contributed by atoms with Crippen LogP contribution in [-0.4, -0.2) is 34.1 Å². The van der Waals surface area contributed by atoms with Crippen molar-refractivity contribution in [3.63, 3.8) is 0 Å². The first-order valence-electron chi connectivity index (χ1n) is 7.04. The molecule has 1 aromatic carbocycles. The number of unbranched alkanes of at least 4 members (excludes halogenated alkanes) is 2. The number of benzene rings is 1. The minimum absolute atomic E-state index is 0.125. The highest BCUT2D eigenvalue weighted by molar-refractivity contribution is 7.91. The molecule has 0 aliphatic carbocycles. The summed E-state index contributed by atoms with van der Waals surface area (Å²) in [7, 11) is 0.353. The highest BCUT2D eigenvalue weighted by Crippen LogP contribution is 2.20. The lowest BCUT2D eigenvalue weighted by atomic mass is 10.1. The maximum Gasteiger partial charge on any atom is 0.152 e. The molecular formula is C15H25NO3S. The van der Waals surface area contributed by atoms with Gasteiger partial charge in [0.25, 0.3) is 0 Å². The molecule has 0 amide bonds. The zero-order chi connectivity index (χ0) is 15.0. The molecule has 0 spiro atoms. The number of rotatable bonds is 9. The fourth-order valence-electron chi connectivity index (χ4n) is 2.11. The first kappa shape index (κ1) is 17.0. The van der Waals surface area contributed by atoms with Crippen LogP contribution in [0.1, 0.15) is 37.8 Å². The zero-order valence-electron chi connectivity index (χ0n) is 12.6. The molecule has 1 N–H and O–H groups in total. The fraction of sp³-hybridized carbons (Fsp3) is 0.600. The Bertz CT molecular complexity index is 500. The largest absolute Gasteiger partial charge is 0.497 e. The molecule has 0 aliphatic rings. The van der Waals surface area contributed by atoms with Crippen molar-refractivity contribution in [1.82, 2.24) is 5.32 Å². The Morgan fingerprint density at radius 2 is 2.05 bits per heavy atom. The maximum absolute atomic E-state index is 12.1. The average molecular weight is 299 g/mol. The van der Waals surface area contributed by atoms with E-state index >= 15 is 0 Å². The standard InChI is InChI=1S/C15H25NO3S/c1-4-5-6-10-20(17,18)12-15(16-2)13-8-7-9-14(11-13)19-3/h7-9,11,15-16H,4-6,10,12H2,1-3H3. The first-order valence-corrected chi connectivity index (χ1v) is 8.86. The molecule has 0 aliphatic heterocycles. The molecule has 1 aromatic rings. The van der Waals surface area contributed by atoms with Crippen LogP contribution in [0.3, 0.4) is 0 Å². The van der Waals surface area contributed by atoms with Crippen LogP contribution in [0.2, 0.25) is 0 Å².